The second kappa shape index (κ2) is 8.21. The summed E-state index contributed by atoms with van der Waals surface area (Å²) < 4.78 is 1.79. The molecule has 0 bridgehead atoms. The van der Waals surface area contributed by atoms with Gasteiger partial charge in [0, 0.05) is 42.7 Å². The highest BCUT2D eigenvalue weighted by Crippen LogP contribution is 2.25. The third-order valence-electron chi connectivity index (χ3n) is 4.37. The molecule has 1 amide bonds. The monoisotopic (exact) mass is 366 g/mol. The molecule has 5 nitrogen and oxygen atoms in total. The summed E-state index contributed by atoms with van der Waals surface area (Å²) in [5, 5.41) is 7.22. The van der Waals surface area contributed by atoms with Crippen molar-refractivity contribution in [2.45, 2.75) is 18.9 Å². The number of hydrogen-bond acceptors (Lipinski definition) is 4. The number of aromatic nitrogens is 2. The fourth-order valence-electron chi connectivity index (χ4n) is 3.04. The van der Waals surface area contributed by atoms with Gasteiger partial charge in [0.05, 0.1) is 5.69 Å². The van der Waals surface area contributed by atoms with Crippen LogP contribution < -0.4 is 11.1 Å². The van der Waals surface area contributed by atoms with Crippen molar-refractivity contribution in [2.24, 2.45) is 12.8 Å². The van der Waals surface area contributed by atoms with Gasteiger partial charge in [0.1, 0.15) is 0 Å². The Morgan fingerprint density at radius 2 is 2.08 bits per heavy atom. The van der Waals surface area contributed by atoms with Gasteiger partial charge in [0.15, 0.2) is 0 Å². The van der Waals surface area contributed by atoms with Gasteiger partial charge >= 0.3 is 0 Å². The van der Waals surface area contributed by atoms with E-state index >= 15 is 0 Å². The van der Waals surface area contributed by atoms with Crippen molar-refractivity contribution in [3.63, 3.8) is 0 Å². The number of allylic oxidation sites excluding steroid dienone is 2. The number of carbonyl (C=O) groups is 1. The Labute approximate surface area is 158 Å². The molecule has 0 aliphatic heterocycles. The number of benzene rings is 1. The smallest absolute Gasteiger partial charge is 0.251 e. The van der Waals surface area contributed by atoms with Crippen molar-refractivity contribution in [3.8, 4) is 0 Å². The summed E-state index contributed by atoms with van der Waals surface area (Å²) >= 11 is 5.39. The largest absolute Gasteiger partial charge is 0.348 e. The Bertz CT molecular complexity index is 867. The summed E-state index contributed by atoms with van der Waals surface area (Å²) in [5.41, 5.74) is 9.52. The van der Waals surface area contributed by atoms with E-state index in [1.807, 2.05) is 49.5 Å². The molecule has 3 N–H and O–H groups in total. The molecule has 1 heterocycles. The van der Waals surface area contributed by atoms with E-state index in [0.717, 1.165) is 21.7 Å². The number of rotatable bonds is 6. The van der Waals surface area contributed by atoms with Gasteiger partial charge in [-0.1, -0.05) is 42.5 Å². The number of hydrogen-bond donors (Lipinski definition) is 2. The first-order valence-electron chi connectivity index (χ1n) is 8.55. The maximum absolute atomic E-state index is 12.7. The van der Waals surface area contributed by atoms with E-state index in [-0.39, 0.29) is 11.9 Å². The van der Waals surface area contributed by atoms with Crippen molar-refractivity contribution >= 4 is 28.6 Å². The SMILES string of the molecule is Cn1nccc1C1=CC(C(=O)NC(CN)Cc2ccccc2)=CC(=S)C1. The van der Waals surface area contributed by atoms with Gasteiger partial charge in [-0.3, -0.25) is 9.48 Å². The van der Waals surface area contributed by atoms with Gasteiger partial charge in [-0.2, -0.15) is 5.10 Å². The van der Waals surface area contributed by atoms with E-state index < -0.39 is 0 Å². The number of aryl methyl sites for hydroxylation is 1. The molecule has 0 saturated carbocycles. The first kappa shape index (κ1) is 18.2. The highest BCUT2D eigenvalue weighted by atomic mass is 32.1. The second-order valence-electron chi connectivity index (χ2n) is 6.35. The molecular formula is C20H22N4OS. The lowest BCUT2D eigenvalue weighted by molar-refractivity contribution is -0.117. The van der Waals surface area contributed by atoms with Gasteiger partial charge in [-0.05, 0) is 35.8 Å². The summed E-state index contributed by atoms with van der Waals surface area (Å²) in [6.07, 6.45) is 6.72. The van der Waals surface area contributed by atoms with Crippen molar-refractivity contribution in [2.75, 3.05) is 6.54 Å². The van der Waals surface area contributed by atoms with Crippen molar-refractivity contribution in [1.29, 1.82) is 0 Å². The van der Waals surface area contributed by atoms with Crippen molar-refractivity contribution in [3.05, 3.63) is 71.6 Å². The molecule has 1 unspecified atom stereocenters. The van der Waals surface area contributed by atoms with Gasteiger partial charge in [-0.25, -0.2) is 0 Å². The molecule has 1 aliphatic carbocycles. The maximum atomic E-state index is 12.7. The quantitative estimate of drug-likeness (QED) is 0.769. The molecule has 1 aromatic heterocycles. The van der Waals surface area contributed by atoms with E-state index in [1.54, 1.807) is 17.0 Å². The molecular weight excluding hydrogens is 344 g/mol. The predicted octanol–water partition coefficient (Wildman–Crippen LogP) is 2.19. The number of amides is 1. The highest BCUT2D eigenvalue weighted by Gasteiger charge is 2.20. The Hall–Kier alpha value is -2.57. The lowest BCUT2D eigenvalue weighted by Crippen LogP contribution is -2.42. The minimum atomic E-state index is -0.155. The number of carbonyl (C=O) groups excluding carboxylic acids is 1. The Balaban J connectivity index is 1.74. The number of nitrogens with one attached hydrogen (secondary N) is 1. The topological polar surface area (TPSA) is 72.9 Å². The maximum Gasteiger partial charge on any atom is 0.251 e. The van der Waals surface area contributed by atoms with E-state index in [4.69, 9.17) is 18.0 Å². The normalized spacial score (nSPS) is 15.2. The van der Waals surface area contributed by atoms with E-state index in [1.165, 1.54) is 0 Å². The molecule has 1 atom stereocenters. The van der Waals surface area contributed by atoms with E-state index in [2.05, 4.69) is 10.4 Å². The fraction of sp³-hybridized carbons (Fsp3) is 0.250. The lowest BCUT2D eigenvalue weighted by Gasteiger charge is -2.20. The van der Waals surface area contributed by atoms with Gasteiger partial charge in [0.25, 0.3) is 5.91 Å². The summed E-state index contributed by atoms with van der Waals surface area (Å²) in [7, 11) is 1.88. The van der Waals surface area contributed by atoms with Crippen LogP contribution in [0.5, 0.6) is 0 Å². The molecule has 134 valence electrons. The van der Waals surface area contributed by atoms with Gasteiger partial charge in [0.2, 0.25) is 0 Å². The van der Waals surface area contributed by atoms with Crippen LogP contribution in [0.2, 0.25) is 0 Å². The van der Waals surface area contributed by atoms with E-state index in [0.29, 0.717) is 25.0 Å². The number of nitrogens with two attached hydrogens (primary N) is 1. The van der Waals surface area contributed by atoms with Crippen LogP contribution in [0.15, 0.2) is 60.3 Å². The van der Waals surface area contributed by atoms with Crippen LogP contribution in [-0.4, -0.2) is 33.1 Å². The fourth-order valence-corrected chi connectivity index (χ4v) is 3.32. The predicted molar refractivity (Wildman–Crippen MR) is 108 cm³/mol. The second-order valence-corrected chi connectivity index (χ2v) is 6.87. The summed E-state index contributed by atoms with van der Waals surface area (Å²) in [6.45, 7) is 0.372. The van der Waals surface area contributed by atoms with Crippen molar-refractivity contribution < 1.29 is 4.79 Å². The molecule has 0 radical (unpaired) electrons. The molecule has 0 saturated heterocycles. The van der Waals surface area contributed by atoms with Crippen LogP contribution in [0.1, 0.15) is 17.7 Å². The average molecular weight is 366 g/mol. The Morgan fingerprint density at radius 1 is 1.31 bits per heavy atom. The summed E-state index contributed by atoms with van der Waals surface area (Å²) in [4.78, 5) is 13.5. The highest BCUT2D eigenvalue weighted by molar-refractivity contribution is 7.80. The zero-order valence-electron chi connectivity index (χ0n) is 14.7. The molecule has 2 aromatic rings. The van der Waals surface area contributed by atoms with Crippen LogP contribution in [-0.2, 0) is 18.3 Å². The first-order valence-corrected chi connectivity index (χ1v) is 8.96. The average Bonchev–Trinajstić information content (AvgIpc) is 3.07. The van der Waals surface area contributed by atoms with Gasteiger partial charge in [-0.15, -0.1) is 0 Å². The molecule has 0 fully saturated rings. The third kappa shape index (κ3) is 4.33. The Kier molecular flexibility index (Phi) is 5.75. The Morgan fingerprint density at radius 3 is 2.73 bits per heavy atom. The van der Waals surface area contributed by atoms with Crippen LogP contribution >= 0.6 is 12.2 Å². The van der Waals surface area contributed by atoms with Gasteiger partial charge < -0.3 is 11.1 Å². The minimum Gasteiger partial charge on any atom is -0.348 e. The van der Waals surface area contributed by atoms with Crippen LogP contribution in [0.4, 0.5) is 0 Å². The zero-order valence-corrected chi connectivity index (χ0v) is 15.5. The van der Waals surface area contributed by atoms with E-state index in [9.17, 15) is 4.79 Å². The molecule has 3 rings (SSSR count). The number of nitrogens with zero attached hydrogens (tertiary/aromatic N) is 2. The van der Waals surface area contributed by atoms with Crippen LogP contribution in [0.3, 0.4) is 0 Å². The zero-order chi connectivity index (χ0) is 18.5. The van der Waals surface area contributed by atoms with Crippen LogP contribution in [0, 0.1) is 0 Å². The van der Waals surface area contributed by atoms with Crippen LogP contribution in [0.25, 0.3) is 5.57 Å². The number of thiocarbonyl (C=S) groups is 1. The lowest BCUT2D eigenvalue weighted by atomic mass is 9.96. The molecule has 0 spiro atoms. The molecule has 6 heteroatoms. The molecule has 26 heavy (non-hydrogen) atoms. The van der Waals surface area contributed by atoms with Crippen molar-refractivity contribution in [1.82, 2.24) is 15.1 Å². The third-order valence-corrected chi connectivity index (χ3v) is 4.63. The first-order chi connectivity index (χ1) is 12.6. The minimum absolute atomic E-state index is 0.130. The summed E-state index contributed by atoms with van der Waals surface area (Å²) in [6, 6.07) is 11.8. The standard InChI is InChI=1S/C20H22N4OS/c1-24-19(7-8-22-24)15-10-16(12-18(26)11-15)20(25)23-17(13-21)9-14-5-3-2-4-6-14/h2-8,10,12,17H,9,11,13,21H2,1H3,(H,23,25). The molecule has 1 aromatic carbocycles. The molecule has 1 aliphatic rings. The summed E-state index contributed by atoms with van der Waals surface area (Å²) in [5.74, 6) is -0.155.